The lowest BCUT2D eigenvalue weighted by Crippen LogP contribution is -2.26. The molecule has 0 bridgehead atoms. The van der Waals surface area contributed by atoms with Crippen LogP contribution in [0.1, 0.15) is 38.8 Å². The summed E-state index contributed by atoms with van der Waals surface area (Å²) in [6.07, 6.45) is -4.56. The quantitative estimate of drug-likeness (QED) is 0.209. The van der Waals surface area contributed by atoms with E-state index in [4.69, 9.17) is 0 Å². The van der Waals surface area contributed by atoms with Gasteiger partial charge < -0.3 is 21.3 Å². The second-order valence-corrected chi connectivity index (χ2v) is 9.66. The Morgan fingerprint density at radius 2 is 1.64 bits per heavy atom. The molecule has 1 aromatic heterocycles. The fourth-order valence-corrected chi connectivity index (χ4v) is 4.55. The molecule has 4 aromatic rings. The van der Waals surface area contributed by atoms with Crippen LogP contribution in [0.2, 0.25) is 0 Å². The Balaban J connectivity index is 1.44. The number of halogens is 3. The van der Waals surface area contributed by atoms with E-state index in [-0.39, 0.29) is 17.4 Å². The number of carbonyl (C=O) groups excluding carboxylic acids is 3. The molecule has 0 fully saturated rings. The fourth-order valence-electron chi connectivity index (χ4n) is 3.62. The van der Waals surface area contributed by atoms with E-state index in [2.05, 4.69) is 26.3 Å². The van der Waals surface area contributed by atoms with Gasteiger partial charge in [0.05, 0.1) is 15.8 Å². The number of aryl methyl sites for hydroxylation is 1. The summed E-state index contributed by atoms with van der Waals surface area (Å²) in [5.74, 6) is -1.20. The molecule has 12 heteroatoms. The van der Waals surface area contributed by atoms with Crippen molar-refractivity contribution < 1.29 is 27.6 Å². The van der Waals surface area contributed by atoms with E-state index in [1.807, 2.05) is 0 Å². The highest BCUT2D eigenvalue weighted by atomic mass is 32.1. The number of alkyl halides is 3. The molecule has 0 saturated heterocycles. The Bertz CT molecular complexity index is 1550. The highest BCUT2D eigenvalue weighted by Crippen LogP contribution is 2.30. The van der Waals surface area contributed by atoms with Gasteiger partial charge in [-0.1, -0.05) is 23.5 Å². The van der Waals surface area contributed by atoms with Crippen LogP contribution in [-0.4, -0.2) is 35.8 Å². The van der Waals surface area contributed by atoms with Crippen molar-refractivity contribution in [1.29, 1.82) is 0 Å². The standard InChI is InChI=1S/C27H24F3N5O3S/c1-15-6-8-20(33-24(37)17-4-3-5-19(12-17)27(28,29)30)14-22(15)34-25(38)18-7-9-21-23(13-18)39-26(35-21)32-11-10-31-16(2)36/h3-9,12-14H,10-11H2,1-2H3,(H,31,36)(H,32,35)(H,33,37)(H,34,38). The van der Waals surface area contributed by atoms with Gasteiger partial charge in [-0.2, -0.15) is 13.2 Å². The summed E-state index contributed by atoms with van der Waals surface area (Å²) in [5, 5.41) is 11.9. The predicted octanol–water partition coefficient (Wildman–Crippen LogP) is 5.68. The van der Waals surface area contributed by atoms with E-state index in [1.54, 1.807) is 43.3 Å². The molecule has 4 N–H and O–H groups in total. The van der Waals surface area contributed by atoms with E-state index in [9.17, 15) is 27.6 Å². The van der Waals surface area contributed by atoms with Crippen LogP contribution in [0.15, 0.2) is 60.7 Å². The maximum atomic E-state index is 13.0. The van der Waals surface area contributed by atoms with Crippen molar-refractivity contribution in [2.24, 2.45) is 0 Å². The van der Waals surface area contributed by atoms with Gasteiger partial charge in [0, 0.05) is 42.5 Å². The van der Waals surface area contributed by atoms with Crippen LogP contribution in [0.4, 0.5) is 29.7 Å². The van der Waals surface area contributed by atoms with Crippen molar-refractivity contribution in [3.8, 4) is 0 Å². The number of aromatic nitrogens is 1. The van der Waals surface area contributed by atoms with Crippen LogP contribution in [0, 0.1) is 6.92 Å². The summed E-state index contributed by atoms with van der Waals surface area (Å²) in [6, 6.07) is 14.1. The predicted molar refractivity (Wildman–Crippen MR) is 145 cm³/mol. The second kappa shape index (κ2) is 11.5. The summed E-state index contributed by atoms with van der Waals surface area (Å²) in [5.41, 5.74) is 1.53. The number of hydrogen-bond donors (Lipinski definition) is 4. The second-order valence-electron chi connectivity index (χ2n) is 8.63. The molecule has 202 valence electrons. The Kier molecular flexibility index (Phi) is 8.15. The molecule has 3 amide bonds. The number of amides is 3. The number of carbonyl (C=O) groups is 3. The highest BCUT2D eigenvalue weighted by molar-refractivity contribution is 7.22. The molecule has 0 aliphatic heterocycles. The summed E-state index contributed by atoms with van der Waals surface area (Å²) >= 11 is 1.37. The van der Waals surface area contributed by atoms with Gasteiger partial charge in [0.1, 0.15) is 0 Å². The number of benzene rings is 3. The Labute approximate surface area is 225 Å². The topological polar surface area (TPSA) is 112 Å². The SMILES string of the molecule is CC(=O)NCCNc1nc2ccc(C(=O)Nc3cc(NC(=O)c4cccc(C(F)(F)F)c4)ccc3C)cc2s1. The van der Waals surface area contributed by atoms with Crippen molar-refractivity contribution in [3.63, 3.8) is 0 Å². The van der Waals surface area contributed by atoms with Crippen molar-refractivity contribution in [1.82, 2.24) is 10.3 Å². The minimum atomic E-state index is -4.56. The highest BCUT2D eigenvalue weighted by Gasteiger charge is 2.30. The van der Waals surface area contributed by atoms with Gasteiger partial charge in [-0.05, 0) is 61.0 Å². The van der Waals surface area contributed by atoms with Gasteiger partial charge in [-0.3, -0.25) is 14.4 Å². The molecule has 8 nitrogen and oxygen atoms in total. The first-order valence-electron chi connectivity index (χ1n) is 11.8. The number of fused-ring (bicyclic) bond motifs is 1. The molecule has 0 radical (unpaired) electrons. The zero-order valence-electron chi connectivity index (χ0n) is 20.9. The maximum absolute atomic E-state index is 13.0. The summed E-state index contributed by atoms with van der Waals surface area (Å²) in [7, 11) is 0. The van der Waals surface area contributed by atoms with Crippen LogP contribution in [0.5, 0.6) is 0 Å². The number of anilines is 3. The average Bonchev–Trinajstić information content (AvgIpc) is 3.30. The zero-order valence-corrected chi connectivity index (χ0v) is 21.7. The molecular formula is C27H24F3N5O3S. The number of nitrogens with zero attached hydrogens (tertiary/aromatic N) is 1. The van der Waals surface area contributed by atoms with Crippen molar-refractivity contribution in [2.45, 2.75) is 20.0 Å². The molecule has 0 aliphatic carbocycles. The van der Waals surface area contributed by atoms with Crippen LogP contribution in [-0.2, 0) is 11.0 Å². The van der Waals surface area contributed by atoms with Crippen LogP contribution >= 0.6 is 11.3 Å². The van der Waals surface area contributed by atoms with E-state index in [0.717, 1.165) is 22.4 Å². The van der Waals surface area contributed by atoms with E-state index in [0.29, 0.717) is 40.7 Å². The lowest BCUT2D eigenvalue weighted by atomic mass is 10.1. The van der Waals surface area contributed by atoms with E-state index < -0.39 is 17.6 Å². The first kappa shape index (κ1) is 27.6. The zero-order chi connectivity index (χ0) is 28.2. The normalized spacial score (nSPS) is 11.2. The van der Waals surface area contributed by atoms with Crippen LogP contribution in [0.25, 0.3) is 10.2 Å². The third kappa shape index (κ3) is 7.11. The van der Waals surface area contributed by atoms with Gasteiger partial charge >= 0.3 is 6.18 Å². The van der Waals surface area contributed by atoms with Crippen molar-refractivity contribution in [2.75, 3.05) is 29.0 Å². The van der Waals surface area contributed by atoms with Crippen molar-refractivity contribution >= 4 is 55.8 Å². The number of thiazole rings is 1. The molecule has 1 heterocycles. The smallest absolute Gasteiger partial charge is 0.360 e. The number of nitrogens with one attached hydrogen (secondary N) is 4. The lowest BCUT2D eigenvalue weighted by molar-refractivity contribution is -0.137. The van der Waals surface area contributed by atoms with Gasteiger partial charge in [0.15, 0.2) is 5.13 Å². The molecule has 0 saturated carbocycles. The lowest BCUT2D eigenvalue weighted by Gasteiger charge is -2.13. The van der Waals surface area contributed by atoms with Gasteiger partial charge in [-0.15, -0.1) is 0 Å². The van der Waals surface area contributed by atoms with Gasteiger partial charge in [0.2, 0.25) is 5.91 Å². The largest absolute Gasteiger partial charge is 0.416 e. The monoisotopic (exact) mass is 555 g/mol. The van der Waals surface area contributed by atoms with E-state index in [1.165, 1.54) is 30.4 Å². The Morgan fingerprint density at radius 1 is 0.897 bits per heavy atom. The van der Waals surface area contributed by atoms with Gasteiger partial charge in [0.25, 0.3) is 11.8 Å². The maximum Gasteiger partial charge on any atom is 0.416 e. The molecule has 0 spiro atoms. The first-order chi connectivity index (χ1) is 18.5. The minimum Gasteiger partial charge on any atom is -0.360 e. The molecule has 0 atom stereocenters. The molecule has 4 rings (SSSR count). The molecule has 0 aliphatic rings. The summed E-state index contributed by atoms with van der Waals surface area (Å²) in [4.78, 5) is 41.0. The van der Waals surface area contributed by atoms with Crippen LogP contribution < -0.4 is 21.3 Å². The number of rotatable bonds is 8. The first-order valence-corrected chi connectivity index (χ1v) is 12.6. The number of hydrogen-bond acceptors (Lipinski definition) is 6. The van der Waals surface area contributed by atoms with Gasteiger partial charge in [-0.25, -0.2) is 4.98 Å². The molecule has 39 heavy (non-hydrogen) atoms. The summed E-state index contributed by atoms with van der Waals surface area (Å²) < 4.78 is 39.8. The molecule has 3 aromatic carbocycles. The third-order valence-corrected chi connectivity index (χ3v) is 6.60. The minimum absolute atomic E-state index is 0.115. The average molecular weight is 556 g/mol. The Morgan fingerprint density at radius 3 is 2.38 bits per heavy atom. The summed E-state index contributed by atoms with van der Waals surface area (Å²) in [6.45, 7) is 4.18. The Hall–Kier alpha value is -4.45. The van der Waals surface area contributed by atoms with Crippen molar-refractivity contribution in [3.05, 3.63) is 82.9 Å². The molecular weight excluding hydrogens is 531 g/mol. The molecule has 0 unspecified atom stereocenters. The fraction of sp³-hybridized carbons (Fsp3) is 0.185. The third-order valence-electron chi connectivity index (χ3n) is 5.62. The van der Waals surface area contributed by atoms with E-state index >= 15 is 0 Å². The van der Waals surface area contributed by atoms with Crippen LogP contribution in [0.3, 0.4) is 0 Å².